The van der Waals surface area contributed by atoms with E-state index in [0.717, 1.165) is 19.3 Å². The minimum atomic E-state index is -0.143. The molecule has 3 rings (SSSR count). The molecule has 7 heteroatoms. The van der Waals surface area contributed by atoms with Crippen LogP contribution in [0.15, 0.2) is 29.1 Å². The number of aromatic nitrogens is 2. The van der Waals surface area contributed by atoms with Gasteiger partial charge in [-0.15, -0.1) is 0 Å². The number of rotatable bonds is 3. The van der Waals surface area contributed by atoms with Gasteiger partial charge in [0, 0.05) is 11.6 Å². The molecule has 1 aromatic carbocycles. The molecule has 2 heterocycles. The summed E-state index contributed by atoms with van der Waals surface area (Å²) < 4.78 is 4.80. The zero-order valence-electron chi connectivity index (χ0n) is 11.9. The van der Waals surface area contributed by atoms with Crippen LogP contribution in [0.4, 0.5) is 0 Å². The van der Waals surface area contributed by atoms with Crippen LogP contribution in [-0.4, -0.2) is 32.6 Å². The van der Waals surface area contributed by atoms with E-state index in [9.17, 15) is 9.90 Å². The molecule has 0 unspecified atom stereocenters. The molecule has 0 radical (unpaired) electrons. The van der Waals surface area contributed by atoms with Crippen molar-refractivity contribution in [1.29, 1.82) is 0 Å². The third-order valence-corrected chi connectivity index (χ3v) is 4.23. The molecule has 116 valence electrons. The zero-order chi connectivity index (χ0) is 15.5. The summed E-state index contributed by atoms with van der Waals surface area (Å²) in [5.41, 5.74) is 0.696. The van der Waals surface area contributed by atoms with Gasteiger partial charge in [0.05, 0.1) is 12.5 Å². The van der Waals surface area contributed by atoms with E-state index in [1.807, 2.05) is 0 Å². The average molecular weight is 322 g/mol. The first-order valence-corrected chi connectivity index (χ1v) is 7.56. The Morgan fingerprint density at radius 1 is 1.45 bits per heavy atom. The second kappa shape index (κ2) is 6.36. The average Bonchev–Trinajstić information content (AvgIpc) is 3.04. The van der Waals surface area contributed by atoms with Crippen molar-refractivity contribution in [2.75, 3.05) is 6.54 Å². The van der Waals surface area contributed by atoms with Crippen LogP contribution in [0.2, 0.25) is 5.02 Å². The Morgan fingerprint density at radius 3 is 3.05 bits per heavy atom. The Balaban J connectivity index is 1.77. The standard InChI is InChI=1S/C15H16ClN3O3/c16-12-8-11(20)5-4-10(12)7-14(21)19-6-2-1-3-13(19)15-17-9-22-18-15/h4-5,8-9,13,20H,1-3,6-7H2/t13-/m1/s1. The first-order valence-electron chi connectivity index (χ1n) is 7.18. The normalized spacial score (nSPS) is 18.4. The Kier molecular flexibility index (Phi) is 4.29. The number of carbonyl (C=O) groups is 1. The topological polar surface area (TPSA) is 79.5 Å². The minimum Gasteiger partial charge on any atom is -0.508 e. The summed E-state index contributed by atoms with van der Waals surface area (Å²) in [6, 6.07) is 4.50. The lowest BCUT2D eigenvalue weighted by atomic mass is 10.00. The van der Waals surface area contributed by atoms with Gasteiger partial charge in [0.25, 0.3) is 0 Å². The molecule has 1 fully saturated rings. The van der Waals surface area contributed by atoms with Gasteiger partial charge in [0.2, 0.25) is 12.3 Å². The van der Waals surface area contributed by atoms with Gasteiger partial charge in [0.1, 0.15) is 5.75 Å². The molecule has 1 aromatic heterocycles. The van der Waals surface area contributed by atoms with Crippen LogP contribution in [0, 0.1) is 0 Å². The zero-order valence-corrected chi connectivity index (χ0v) is 12.7. The summed E-state index contributed by atoms with van der Waals surface area (Å²) in [6.45, 7) is 0.674. The van der Waals surface area contributed by atoms with Crippen LogP contribution < -0.4 is 0 Å². The summed E-state index contributed by atoms with van der Waals surface area (Å²) in [4.78, 5) is 18.5. The number of amides is 1. The van der Waals surface area contributed by atoms with E-state index in [1.165, 1.54) is 18.5 Å². The lowest BCUT2D eigenvalue weighted by Crippen LogP contribution is -2.39. The van der Waals surface area contributed by atoms with Crippen molar-refractivity contribution >= 4 is 17.5 Å². The van der Waals surface area contributed by atoms with Gasteiger partial charge in [-0.1, -0.05) is 22.8 Å². The number of carbonyl (C=O) groups excluding carboxylic acids is 1. The minimum absolute atomic E-state index is 0.0258. The van der Waals surface area contributed by atoms with Crippen molar-refractivity contribution in [3.63, 3.8) is 0 Å². The van der Waals surface area contributed by atoms with Crippen molar-refractivity contribution in [2.45, 2.75) is 31.7 Å². The quantitative estimate of drug-likeness (QED) is 0.940. The highest BCUT2D eigenvalue weighted by Gasteiger charge is 2.30. The molecule has 2 aromatic rings. The summed E-state index contributed by atoms with van der Waals surface area (Å²) in [5, 5.41) is 13.6. The number of hydrogen-bond acceptors (Lipinski definition) is 5. The number of halogens is 1. The van der Waals surface area contributed by atoms with Crippen molar-refractivity contribution < 1.29 is 14.4 Å². The number of phenolic OH excluding ortho intramolecular Hbond substituents is 1. The summed E-state index contributed by atoms with van der Waals surface area (Å²) in [7, 11) is 0. The van der Waals surface area contributed by atoms with Crippen molar-refractivity contribution in [1.82, 2.24) is 15.0 Å². The highest BCUT2D eigenvalue weighted by molar-refractivity contribution is 6.31. The first kappa shape index (κ1) is 14.8. The van der Waals surface area contributed by atoms with Gasteiger partial charge < -0.3 is 14.5 Å². The summed E-state index contributed by atoms with van der Waals surface area (Å²) >= 11 is 6.08. The summed E-state index contributed by atoms with van der Waals surface area (Å²) in [5.74, 6) is 0.607. The van der Waals surface area contributed by atoms with Gasteiger partial charge in [-0.3, -0.25) is 4.79 Å². The molecular weight excluding hydrogens is 306 g/mol. The number of aromatic hydroxyl groups is 1. The van der Waals surface area contributed by atoms with Gasteiger partial charge in [-0.25, -0.2) is 0 Å². The van der Waals surface area contributed by atoms with Crippen molar-refractivity contribution in [2.24, 2.45) is 0 Å². The predicted molar refractivity (Wildman–Crippen MR) is 79.4 cm³/mol. The fourth-order valence-electron chi connectivity index (χ4n) is 2.77. The second-order valence-electron chi connectivity index (χ2n) is 5.34. The largest absolute Gasteiger partial charge is 0.508 e. The maximum atomic E-state index is 12.6. The molecule has 1 amide bonds. The molecule has 0 aliphatic carbocycles. The van der Waals surface area contributed by atoms with Gasteiger partial charge in [-0.2, -0.15) is 4.98 Å². The van der Waals surface area contributed by atoms with Crippen LogP contribution in [0.25, 0.3) is 0 Å². The number of phenols is 1. The molecule has 0 bridgehead atoms. The maximum Gasteiger partial charge on any atom is 0.227 e. The van der Waals surface area contributed by atoms with Crippen molar-refractivity contribution in [3.05, 3.63) is 41.0 Å². The Morgan fingerprint density at radius 2 is 2.32 bits per heavy atom. The van der Waals surface area contributed by atoms with Crippen LogP contribution in [-0.2, 0) is 11.2 Å². The molecule has 6 nitrogen and oxygen atoms in total. The lowest BCUT2D eigenvalue weighted by molar-refractivity contribution is -0.134. The van der Waals surface area contributed by atoms with Crippen molar-refractivity contribution in [3.8, 4) is 5.75 Å². The van der Waals surface area contributed by atoms with E-state index >= 15 is 0 Å². The molecule has 1 N–H and O–H groups in total. The fourth-order valence-corrected chi connectivity index (χ4v) is 3.01. The van der Waals surface area contributed by atoms with E-state index in [1.54, 1.807) is 11.0 Å². The monoisotopic (exact) mass is 321 g/mol. The van der Waals surface area contributed by atoms with E-state index < -0.39 is 0 Å². The van der Waals surface area contributed by atoms with Gasteiger partial charge in [0.15, 0.2) is 5.82 Å². The third kappa shape index (κ3) is 3.06. The number of likely N-dealkylation sites (tertiary alicyclic amines) is 1. The number of benzene rings is 1. The molecule has 1 atom stereocenters. The van der Waals surface area contributed by atoms with E-state index in [4.69, 9.17) is 16.1 Å². The molecule has 0 spiro atoms. The van der Waals surface area contributed by atoms with E-state index in [-0.39, 0.29) is 24.1 Å². The molecule has 1 aliphatic rings. The number of nitrogens with zero attached hydrogens (tertiary/aromatic N) is 3. The van der Waals surface area contributed by atoms with Crippen LogP contribution >= 0.6 is 11.6 Å². The lowest BCUT2D eigenvalue weighted by Gasteiger charge is -2.34. The molecular formula is C15H16ClN3O3. The Hall–Kier alpha value is -2.08. The van der Waals surface area contributed by atoms with Gasteiger partial charge >= 0.3 is 0 Å². The Labute approximate surface area is 132 Å². The Bertz CT molecular complexity index is 660. The SMILES string of the molecule is O=C(Cc1ccc(O)cc1Cl)N1CCCC[C@@H]1c1ncon1. The molecule has 1 saturated heterocycles. The van der Waals surface area contributed by atoms with E-state index in [0.29, 0.717) is 23.0 Å². The highest BCUT2D eigenvalue weighted by atomic mass is 35.5. The maximum absolute atomic E-state index is 12.6. The second-order valence-corrected chi connectivity index (χ2v) is 5.75. The summed E-state index contributed by atoms with van der Waals surface area (Å²) in [6.07, 6.45) is 4.29. The third-order valence-electron chi connectivity index (χ3n) is 3.88. The predicted octanol–water partition coefficient (Wildman–Crippen LogP) is 2.72. The first-order chi connectivity index (χ1) is 10.6. The van der Waals surface area contributed by atoms with E-state index in [2.05, 4.69) is 10.1 Å². The fraction of sp³-hybridized carbons (Fsp3) is 0.400. The van der Waals surface area contributed by atoms with Gasteiger partial charge in [-0.05, 0) is 37.0 Å². The smallest absolute Gasteiger partial charge is 0.227 e. The molecule has 1 aliphatic heterocycles. The molecule has 0 saturated carbocycles. The van der Waals surface area contributed by atoms with Crippen LogP contribution in [0.1, 0.15) is 36.7 Å². The number of piperidine rings is 1. The highest BCUT2D eigenvalue weighted by Crippen LogP contribution is 2.30. The van der Waals surface area contributed by atoms with Crippen LogP contribution in [0.5, 0.6) is 5.75 Å². The van der Waals surface area contributed by atoms with Crippen LogP contribution in [0.3, 0.4) is 0 Å². The number of hydrogen-bond donors (Lipinski definition) is 1. The molecule has 22 heavy (non-hydrogen) atoms.